The van der Waals surface area contributed by atoms with E-state index in [1.54, 1.807) is 6.92 Å². The van der Waals surface area contributed by atoms with Crippen LogP contribution in [0.1, 0.15) is 41.4 Å². The van der Waals surface area contributed by atoms with Crippen LogP contribution in [0.3, 0.4) is 0 Å². The van der Waals surface area contributed by atoms with E-state index in [4.69, 9.17) is 4.74 Å². The van der Waals surface area contributed by atoms with Gasteiger partial charge in [-0.05, 0) is 37.1 Å². The van der Waals surface area contributed by atoms with Crippen LogP contribution in [0.5, 0.6) is 11.5 Å². The minimum absolute atomic E-state index is 0.0479. The van der Waals surface area contributed by atoms with E-state index < -0.39 is 27.5 Å². The van der Waals surface area contributed by atoms with Gasteiger partial charge in [0.1, 0.15) is 6.07 Å². The highest BCUT2D eigenvalue weighted by atomic mass is 32.2. The Morgan fingerprint density at radius 3 is 2.61 bits per heavy atom. The van der Waals surface area contributed by atoms with Crippen molar-refractivity contribution in [2.75, 3.05) is 26.7 Å². The molecule has 13 heteroatoms. The molecule has 0 atom stereocenters. The molecule has 0 unspecified atom stereocenters. The minimum atomic E-state index is -3.79. The number of carbonyl (C=O) groups excluding carboxylic acids is 1. The van der Waals surface area contributed by atoms with Gasteiger partial charge in [-0.1, -0.05) is 6.92 Å². The van der Waals surface area contributed by atoms with E-state index in [9.17, 15) is 27.3 Å². The Kier molecular flexibility index (Phi) is 7.12. The predicted molar refractivity (Wildman–Crippen MR) is 123 cm³/mol. The van der Waals surface area contributed by atoms with Gasteiger partial charge in [0.05, 0.1) is 34.4 Å². The average Bonchev–Trinajstić information content (AvgIpc) is 3.16. The van der Waals surface area contributed by atoms with Crippen molar-refractivity contribution in [2.45, 2.75) is 37.9 Å². The van der Waals surface area contributed by atoms with Crippen molar-refractivity contribution >= 4 is 15.9 Å². The van der Waals surface area contributed by atoms with Crippen molar-refractivity contribution in [1.29, 1.82) is 5.26 Å². The number of aromatic nitrogens is 1. The van der Waals surface area contributed by atoms with Crippen LogP contribution in [0.2, 0.25) is 0 Å². The molecule has 10 nitrogen and oxygen atoms in total. The lowest BCUT2D eigenvalue weighted by molar-refractivity contribution is -0.286. The molecule has 192 valence electrons. The fourth-order valence-electron chi connectivity index (χ4n) is 4.24. The number of sulfonamides is 1. The van der Waals surface area contributed by atoms with E-state index in [-0.39, 0.29) is 66.6 Å². The molecule has 1 amide bonds. The highest BCUT2D eigenvalue weighted by Gasteiger charge is 2.43. The molecule has 0 bridgehead atoms. The molecule has 1 N–H and O–H groups in total. The minimum Gasteiger partial charge on any atom is -0.395 e. The summed E-state index contributed by atoms with van der Waals surface area (Å²) < 4.78 is 68.1. The van der Waals surface area contributed by atoms with E-state index in [0.29, 0.717) is 12.1 Å². The summed E-state index contributed by atoms with van der Waals surface area (Å²) in [7, 11) is -2.03. The van der Waals surface area contributed by atoms with E-state index in [1.807, 2.05) is 6.07 Å². The van der Waals surface area contributed by atoms with Gasteiger partial charge in [0.25, 0.3) is 5.91 Å². The number of nitrogens with zero attached hydrogens (tertiary/aromatic N) is 3. The standard InChI is InChI=1S/C23H24F2N4O6S/c1-3-27-36(31,32)16-6-8-29(9-7-16)22(30)17-10-15(12-26)21(28-18(17)13-33-2)14-4-5-19-20(11-14)35-23(24,25)34-19/h4-5,10-11,16,27H,3,6-9,13H2,1-2H3. The van der Waals surface area contributed by atoms with Gasteiger partial charge in [-0.25, -0.2) is 18.1 Å². The molecule has 1 saturated heterocycles. The number of ether oxygens (including phenoxy) is 3. The lowest BCUT2D eigenvalue weighted by atomic mass is 10.0. The molecule has 2 aliphatic heterocycles. The van der Waals surface area contributed by atoms with Crippen LogP contribution < -0.4 is 14.2 Å². The fraction of sp³-hybridized carbons (Fsp3) is 0.435. The Bertz CT molecular complexity index is 1320. The normalized spacial score (nSPS) is 17.1. The van der Waals surface area contributed by atoms with Crippen LogP contribution in [-0.4, -0.2) is 62.5 Å². The lowest BCUT2D eigenvalue weighted by Crippen LogP contribution is -2.45. The molecule has 1 aromatic heterocycles. The van der Waals surface area contributed by atoms with Gasteiger partial charge >= 0.3 is 6.29 Å². The summed E-state index contributed by atoms with van der Waals surface area (Å²) in [5.74, 6) is -0.750. The number of alkyl halides is 2. The number of hydrogen-bond acceptors (Lipinski definition) is 8. The summed E-state index contributed by atoms with van der Waals surface area (Å²) in [4.78, 5) is 19.4. The lowest BCUT2D eigenvalue weighted by Gasteiger charge is -2.32. The number of piperidine rings is 1. The third-order valence-corrected chi connectivity index (χ3v) is 7.96. The van der Waals surface area contributed by atoms with Crippen molar-refractivity contribution in [3.63, 3.8) is 0 Å². The van der Waals surface area contributed by atoms with E-state index in [1.165, 1.54) is 36.3 Å². The second-order valence-corrected chi connectivity index (χ2v) is 10.3. The SMILES string of the molecule is CCNS(=O)(=O)C1CCN(C(=O)c2cc(C#N)c(-c3ccc4c(c3)OC(F)(F)O4)nc2COC)CC1. The van der Waals surface area contributed by atoms with Crippen molar-refractivity contribution in [3.8, 4) is 28.8 Å². The highest BCUT2D eigenvalue weighted by Crippen LogP contribution is 2.43. The molecule has 1 fully saturated rings. The first-order valence-corrected chi connectivity index (χ1v) is 12.7. The summed E-state index contributed by atoms with van der Waals surface area (Å²) in [5.41, 5.74) is 0.934. The van der Waals surface area contributed by atoms with Gasteiger partial charge in [-0.3, -0.25) is 4.79 Å². The summed E-state index contributed by atoms with van der Waals surface area (Å²) >= 11 is 0. The van der Waals surface area contributed by atoms with Crippen molar-refractivity contribution < 1.29 is 36.2 Å². The molecule has 1 aromatic carbocycles. The number of hydrogen-bond donors (Lipinski definition) is 1. The Labute approximate surface area is 206 Å². The Balaban J connectivity index is 1.63. The second-order valence-electron chi connectivity index (χ2n) is 8.29. The van der Waals surface area contributed by atoms with Gasteiger partial charge in [0.2, 0.25) is 10.0 Å². The Hall–Kier alpha value is -3.34. The number of rotatable bonds is 7. The number of pyridine rings is 1. The number of likely N-dealkylation sites (tertiary alicyclic amines) is 1. The number of amides is 1. The molecule has 2 aliphatic rings. The Morgan fingerprint density at radius 2 is 1.97 bits per heavy atom. The number of nitriles is 1. The highest BCUT2D eigenvalue weighted by molar-refractivity contribution is 7.90. The maximum atomic E-state index is 13.4. The second kappa shape index (κ2) is 9.96. The molecule has 36 heavy (non-hydrogen) atoms. The zero-order chi connectivity index (χ0) is 26.1. The monoisotopic (exact) mass is 522 g/mol. The van der Waals surface area contributed by atoms with Crippen LogP contribution in [0.4, 0.5) is 8.78 Å². The topological polar surface area (TPSA) is 131 Å². The van der Waals surface area contributed by atoms with Crippen LogP contribution in [0.15, 0.2) is 24.3 Å². The zero-order valence-electron chi connectivity index (χ0n) is 19.6. The number of benzene rings is 1. The molecule has 3 heterocycles. The van der Waals surface area contributed by atoms with E-state index in [0.717, 1.165) is 0 Å². The maximum Gasteiger partial charge on any atom is 0.586 e. The first-order chi connectivity index (χ1) is 17.1. The van der Waals surface area contributed by atoms with Crippen LogP contribution in [-0.2, 0) is 21.4 Å². The van der Waals surface area contributed by atoms with Gasteiger partial charge < -0.3 is 19.1 Å². The molecular weight excluding hydrogens is 498 g/mol. The van der Waals surface area contributed by atoms with Crippen molar-refractivity contribution in [1.82, 2.24) is 14.6 Å². The third kappa shape index (κ3) is 5.11. The summed E-state index contributed by atoms with van der Waals surface area (Å²) in [5, 5.41) is 9.18. The van der Waals surface area contributed by atoms with Gasteiger partial charge in [-0.15, -0.1) is 8.78 Å². The number of halogens is 2. The van der Waals surface area contributed by atoms with Crippen molar-refractivity contribution in [3.05, 3.63) is 41.1 Å². The largest absolute Gasteiger partial charge is 0.586 e. The van der Waals surface area contributed by atoms with Crippen LogP contribution in [0, 0.1) is 11.3 Å². The van der Waals surface area contributed by atoms with E-state index >= 15 is 0 Å². The number of nitrogens with one attached hydrogen (secondary N) is 1. The Morgan fingerprint density at radius 1 is 1.28 bits per heavy atom. The van der Waals surface area contributed by atoms with Gasteiger partial charge in [-0.2, -0.15) is 5.26 Å². The molecular formula is C23H24F2N4O6S. The van der Waals surface area contributed by atoms with Gasteiger partial charge in [0.15, 0.2) is 11.5 Å². The quantitative estimate of drug-likeness (QED) is 0.587. The van der Waals surface area contributed by atoms with Gasteiger partial charge in [0, 0.05) is 32.3 Å². The molecule has 2 aromatic rings. The maximum absolute atomic E-state index is 13.4. The first-order valence-electron chi connectivity index (χ1n) is 11.2. The summed E-state index contributed by atoms with van der Waals surface area (Å²) in [6.45, 7) is 2.40. The molecule has 0 saturated carbocycles. The third-order valence-electron chi connectivity index (χ3n) is 5.92. The molecule has 0 spiro atoms. The first kappa shape index (κ1) is 25.7. The molecule has 4 rings (SSSR count). The molecule has 0 aliphatic carbocycles. The van der Waals surface area contributed by atoms with Crippen LogP contribution in [0.25, 0.3) is 11.3 Å². The summed E-state index contributed by atoms with van der Waals surface area (Å²) in [6, 6.07) is 7.42. The number of fused-ring (bicyclic) bond motifs is 1. The predicted octanol–water partition coefficient (Wildman–Crippen LogP) is 2.63. The average molecular weight is 523 g/mol. The summed E-state index contributed by atoms with van der Waals surface area (Å²) in [6.07, 6.45) is -3.23. The fourth-order valence-corrected chi connectivity index (χ4v) is 5.71. The number of methoxy groups -OCH3 is 1. The smallest absolute Gasteiger partial charge is 0.395 e. The van der Waals surface area contributed by atoms with Crippen molar-refractivity contribution in [2.24, 2.45) is 0 Å². The molecule has 0 radical (unpaired) electrons. The van der Waals surface area contributed by atoms with E-state index in [2.05, 4.69) is 19.2 Å². The number of carbonyl (C=O) groups is 1. The van der Waals surface area contributed by atoms with Crippen LogP contribution >= 0.6 is 0 Å². The zero-order valence-corrected chi connectivity index (χ0v) is 20.4.